The first kappa shape index (κ1) is 11.5. The Balaban J connectivity index is 1.97. The maximum Gasteiger partial charge on any atom is 0.161 e. The number of nitriles is 1. The number of hydrazone groups is 1. The molecular formula is C14H13N5. The van der Waals surface area contributed by atoms with Gasteiger partial charge >= 0.3 is 0 Å². The van der Waals surface area contributed by atoms with Gasteiger partial charge in [0.05, 0.1) is 17.8 Å². The lowest BCUT2D eigenvalue weighted by molar-refractivity contribution is 0.361. The van der Waals surface area contributed by atoms with E-state index in [1.54, 1.807) is 5.01 Å². The molecule has 0 spiro atoms. The fraction of sp³-hybridized carbons (Fsp3) is 0.214. The minimum Gasteiger partial charge on any atom is -0.399 e. The van der Waals surface area contributed by atoms with Crippen LogP contribution in [0.25, 0.3) is 0 Å². The fourth-order valence-corrected chi connectivity index (χ4v) is 2.21. The molecule has 2 atom stereocenters. The van der Waals surface area contributed by atoms with Crippen LogP contribution in [0.5, 0.6) is 0 Å². The van der Waals surface area contributed by atoms with Gasteiger partial charge in [-0.25, -0.2) is 10.0 Å². The van der Waals surface area contributed by atoms with Crippen molar-refractivity contribution in [3.8, 4) is 6.07 Å². The minimum absolute atomic E-state index is 0.0407. The van der Waals surface area contributed by atoms with Gasteiger partial charge in [-0.3, -0.25) is 0 Å². The summed E-state index contributed by atoms with van der Waals surface area (Å²) in [5, 5.41) is 15.4. The number of anilines is 1. The van der Waals surface area contributed by atoms with E-state index in [0.29, 0.717) is 5.69 Å². The number of hydrogen-bond acceptors (Lipinski definition) is 5. The molecule has 2 N–H and O–H groups in total. The van der Waals surface area contributed by atoms with E-state index in [9.17, 15) is 0 Å². The number of benzene rings is 1. The van der Waals surface area contributed by atoms with Gasteiger partial charge in [-0.15, -0.1) is 0 Å². The van der Waals surface area contributed by atoms with Crippen molar-refractivity contribution < 1.29 is 0 Å². The zero-order valence-corrected chi connectivity index (χ0v) is 10.5. The van der Waals surface area contributed by atoms with E-state index in [4.69, 9.17) is 11.0 Å². The first-order chi connectivity index (χ1) is 9.19. The van der Waals surface area contributed by atoms with E-state index in [-0.39, 0.29) is 12.1 Å². The van der Waals surface area contributed by atoms with Gasteiger partial charge in [0.25, 0.3) is 0 Å². The molecule has 94 valence electrons. The normalized spacial score (nSPS) is 24.5. The Morgan fingerprint density at radius 3 is 2.95 bits per heavy atom. The third-order valence-corrected chi connectivity index (χ3v) is 3.27. The number of hydrogen-bond donors (Lipinski definition) is 1. The Morgan fingerprint density at radius 1 is 1.37 bits per heavy atom. The Labute approximate surface area is 111 Å². The van der Waals surface area contributed by atoms with Crippen LogP contribution >= 0.6 is 0 Å². The van der Waals surface area contributed by atoms with E-state index in [1.807, 2.05) is 43.3 Å². The Hall–Kier alpha value is -2.61. The highest BCUT2D eigenvalue weighted by Crippen LogP contribution is 2.22. The predicted molar refractivity (Wildman–Crippen MR) is 74.7 cm³/mol. The molecule has 1 aromatic rings. The average Bonchev–Trinajstić information content (AvgIpc) is 2.75. The van der Waals surface area contributed by atoms with Gasteiger partial charge in [-0.1, -0.05) is 12.1 Å². The largest absolute Gasteiger partial charge is 0.399 e. The van der Waals surface area contributed by atoms with Crippen LogP contribution in [-0.2, 0) is 0 Å². The Morgan fingerprint density at radius 2 is 2.21 bits per heavy atom. The van der Waals surface area contributed by atoms with Crippen molar-refractivity contribution in [1.29, 1.82) is 5.26 Å². The molecule has 0 bridgehead atoms. The molecule has 0 aliphatic carbocycles. The van der Waals surface area contributed by atoms with Crippen molar-refractivity contribution in [2.75, 3.05) is 5.73 Å². The van der Waals surface area contributed by atoms with Crippen LogP contribution in [0.4, 0.5) is 5.69 Å². The lowest BCUT2D eigenvalue weighted by Gasteiger charge is -2.23. The summed E-state index contributed by atoms with van der Waals surface area (Å²) >= 11 is 0. The highest BCUT2D eigenvalue weighted by molar-refractivity contribution is 6.14. The van der Waals surface area contributed by atoms with Gasteiger partial charge < -0.3 is 5.73 Å². The summed E-state index contributed by atoms with van der Waals surface area (Å²) in [6, 6.07) is 9.37. The number of allylic oxidation sites excluding steroid dienone is 1. The molecule has 5 heteroatoms. The van der Waals surface area contributed by atoms with E-state index < -0.39 is 0 Å². The monoisotopic (exact) mass is 251 g/mol. The van der Waals surface area contributed by atoms with Crippen molar-refractivity contribution in [1.82, 2.24) is 5.01 Å². The molecule has 2 aliphatic heterocycles. The van der Waals surface area contributed by atoms with Crippen LogP contribution in [0.2, 0.25) is 0 Å². The van der Waals surface area contributed by atoms with Gasteiger partial charge in [0.1, 0.15) is 5.84 Å². The lowest BCUT2D eigenvalue weighted by atomic mass is 10.1. The molecule has 2 aliphatic rings. The second kappa shape index (κ2) is 4.25. The molecule has 3 rings (SSSR count). The summed E-state index contributed by atoms with van der Waals surface area (Å²) in [6.45, 7) is 1.95. The lowest BCUT2D eigenvalue weighted by Crippen LogP contribution is -2.34. The molecule has 2 unspecified atom stereocenters. The van der Waals surface area contributed by atoms with Crippen LogP contribution in [0, 0.1) is 11.3 Å². The maximum atomic E-state index is 9.03. The topological polar surface area (TPSA) is 77.8 Å². The number of nitrogens with two attached hydrogens (primary N) is 1. The van der Waals surface area contributed by atoms with Gasteiger partial charge in [-0.05, 0) is 31.2 Å². The third-order valence-electron chi connectivity index (χ3n) is 3.27. The van der Waals surface area contributed by atoms with Crippen LogP contribution in [0.15, 0.2) is 46.5 Å². The van der Waals surface area contributed by atoms with Crippen LogP contribution < -0.4 is 5.73 Å². The number of amidine groups is 1. The van der Waals surface area contributed by atoms with Gasteiger partial charge in [0, 0.05) is 11.3 Å². The Bertz CT molecular complexity index is 650. The zero-order chi connectivity index (χ0) is 13.4. The molecule has 0 amide bonds. The van der Waals surface area contributed by atoms with Crippen LogP contribution in [0.3, 0.4) is 0 Å². The number of nitrogen functional groups attached to an aromatic ring is 1. The number of nitrogens with zero attached hydrogens (tertiary/aromatic N) is 4. The SMILES string of the molecule is CC1C(C#N)N=C2C=CC(c3cccc(N)c3)=NN21. The van der Waals surface area contributed by atoms with Crippen molar-refractivity contribution >= 4 is 17.2 Å². The van der Waals surface area contributed by atoms with E-state index in [0.717, 1.165) is 17.1 Å². The van der Waals surface area contributed by atoms with Crippen LogP contribution in [-0.4, -0.2) is 28.6 Å². The molecule has 19 heavy (non-hydrogen) atoms. The highest BCUT2D eigenvalue weighted by Gasteiger charge is 2.33. The second-order valence-corrected chi connectivity index (χ2v) is 4.59. The quantitative estimate of drug-likeness (QED) is 0.769. The summed E-state index contributed by atoms with van der Waals surface area (Å²) in [6.07, 6.45) is 3.79. The van der Waals surface area contributed by atoms with Crippen molar-refractivity contribution in [2.24, 2.45) is 10.1 Å². The van der Waals surface area contributed by atoms with Gasteiger partial charge in [0.15, 0.2) is 6.04 Å². The maximum absolute atomic E-state index is 9.03. The highest BCUT2D eigenvalue weighted by atomic mass is 15.5. The van der Waals surface area contributed by atoms with Crippen molar-refractivity contribution in [2.45, 2.75) is 19.0 Å². The standard InChI is InChI=1S/C14H13N5/c1-9-13(8-15)17-14-6-5-12(18-19(9)14)10-3-2-4-11(16)7-10/h2-7,9,13H,16H2,1H3. The zero-order valence-electron chi connectivity index (χ0n) is 10.5. The fourth-order valence-electron chi connectivity index (χ4n) is 2.21. The molecule has 0 aromatic heterocycles. The molecule has 0 saturated carbocycles. The summed E-state index contributed by atoms with van der Waals surface area (Å²) in [5.74, 6) is 0.742. The molecule has 0 radical (unpaired) electrons. The summed E-state index contributed by atoms with van der Waals surface area (Å²) in [4.78, 5) is 4.32. The number of aliphatic imine (C=N–C) groups is 1. The van der Waals surface area contributed by atoms with Gasteiger partial charge in [0.2, 0.25) is 0 Å². The molecule has 0 fully saturated rings. The molecular weight excluding hydrogens is 238 g/mol. The molecule has 2 heterocycles. The first-order valence-electron chi connectivity index (χ1n) is 6.08. The number of fused-ring (bicyclic) bond motifs is 1. The second-order valence-electron chi connectivity index (χ2n) is 4.59. The van der Waals surface area contributed by atoms with Crippen molar-refractivity contribution in [3.63, 3.8) is 0 Å². The smallest absolute Gasteiger partial charge is 0.161 e. The van der Waals surface area contributed by atoms with E-state index >= 15 is 0 Å². The predicted octanol–water partition coefficient (Wildman–Crippen LogP) is 1.54. The van der Waals surface area contributed by atoms with E-state index in [2.05, 4.69) is 16.2 Å². The average molecular weight is 251 g/mol. The number of rotatable bonds is 1. The van der Waals surface area contributed by atoms with E-state index in [1.165, 1.54) is 0 Å². The summed E-state index contributed by atoms with van der Waals surface area (Å²) in [5.41, 5.74) is 8.28. The summed E-state index contributed by atoms with van der Waals surface area (Å²) < 4.78 is 0. The van der Waals surface area contributed by atoms with Crippen LogP contribution in [0.1, 0.15) is 12.5 Å². The Kier molecular flexibility index (Phi) is 2.57. The molecule has 0 saturated heterocycles. The summed E-state index contributed by atoms with van der Waals surface area (Å²) in [7, 11) is 0. The third kappa shape index (κ3) is 1.87. The molecule has 5 nitrogen and oxygen atoms in total. The molecule has 1 aromatic carbocycles. The first-order valence-corrected chi connectivity index (χ1v) is 6.08. The van der Waals surface area contributed by atoms with Crippen molar-refractivity contribution in [3.05, 3.63) is 42.0 Å². The minimum atomic E-state index is -0.358. The van der Waals surface area contributed by atoms with Gasteiger partial charge in [-0.2, -0.15) is 10.4 Å².